The minimum Gasteiger partial charge on any atom is -0.496 e. The fourth-order valence-corrected chi connectivity index (χ4v) is 3.47. The highest BCUT2D eigenvalue weighted by Gasteiger charge is 2.17. The molecular formula is C21H14BrClFN3O2. The first kappa shape index (κ1) is 20.8. The van der Waals surface area contributed by atoms with Crippen LogP contribution in [0.2, 0.25) is 5.02 Å². The summed E-state index contributed by atoms with van der Waals surface area (Å²) in [6.45, 7) is 0. The molecule has 0 radical (unpaired) electrons. The molecule has 0 spiro atoms. The second-order valence-corrected chi connectivity index (χ2v) is 7.37. The average Bonchev–Trinajstić information content (AvgIpc) is 2.70. The van der Waals surface area contributed by atoms with Gasteiger partial charge < -0.3 is 10.5 Å². The Bertz CT molecular complexity index is 1140. The van der Waals surface area contributed by atoms with Crippen LogP contribution in [0.4, 0.5) is 4.39 Å². The Morgan fingerprint density at radius 3 is 2.62 bits per heavy atom. The Labute approximate surface area is 180 Å². The van der Waals surface area contributed by atoms with Crippen LogP contribution in [0.15, 0.2) is 47.1 Å². The first-order valence-electron chi connectivity index (χ1n) is 8.35. The minimum absolute atomic E-state index is 0.00788. The van der Waals surface area contributed by atoms with E-state index >= 15 is 0 Å². The van der Waals surface area contributed by atoms with E-state index in [2.05, 4.69) is 27.0 Å². The molecule has 0 atom stereocenters. The number of carbonyl (C=O) groups excluding carboxylic acids is 1. The summed E-state index contributed by atoms with van der Waals surface area (Å²) >= 11 is 9.44. The molecule has 1 aromatic heterocycles. The number of rotatable bonds is 5. The van der Waals surface area contributed by atoms with Crippen molar-refractivity contribution in [3.05, 3.63) is 80.2 Å². The Morgan fingerprint density at radius 2 is 2.03 bits per heavy atom. The van der Waals surface area contributed by atoms with E-state index in [4.69, 9.17) is 22.1 Å². The summed E-state index contributed by atoms with van der Waals surface area (Å²) in [6, 6.07) is 11.7. The summed E-state index contributed by atoms with van der Waals surface area (Å²) in [5.41, 5.74) is 8.10. The molecular weight excluding hydrogens is 461 g/mol. The third kappa shape index (κ3) is 4.24. The SMILES string of the molecule is COc1c(Cc2ccc(-c3ncc(Br)c(Cl)c3C#N)cc2)cc(F)cc1C(N)=O. The third-order valence-electron chi connectivity index (χ3n) is 4.31. The summed E-state index contributed by atoms with van der Waals surface area (Å²) in [4.78, 5) is 15.9. The van der Waals surface area contributed by atoms with Gasteiger partial charge in [0.2, 0.25) is 0 Å². The molecule has 1 heterocycles. The standard InChI is InChI=1S/C21H14BrClFN3O2/c1-29-20-13(7-14(24)8-15(20)21(26)28)6-11-2-4-12(5-3-11)19-16(9-25)18(23)17(22)10-27-19/h2-5,7-8,10H,6H2,1H3,(H2,26,28). The molecule has 0 unspecified atom stereocenters. The highest BCUT2D eigenvalue weighted by Crippen LogP contribution is 2.33. The molecule has 1 amide bonds. The molecule has 0 saturated heterocycles. The number of amides is 1. The first-order valence-corrected chi connectivity index (χ1v) is 9.52. The number of nitrogens with zero attached hydrogens (tertiary/aromatic N) is 2. The normalized spacial score (nSPS) is 10.4. The number of primary amides is 1. The topological polar surface area (TPSA) is 89.0 Å². The molecule has 3 rings (SSSR count). The van der Waals surface area contributed by atoms with Crippen LogP contribution < -0.4 is 10.5 Å². The predicted octanol–water partition coefficient (Wildman–Crippen LogP) is 4.87. The van der Waals surface area contributed by atoms with Crippen LogP contribution >= 0.6 is 27.5 Å². The first-order chi connectivity index (χ1) is 13.8. The Morgan fingerprint density at radius 1 is 1.34 bits per heavy atom. The zero-order valence-corrected chi connectivity index (χ0v) is 17.5. The molecule has 0 aliphatic rings. The quantitative estimate of drug-likeness (QED) is 0.571. The fourth-order valence-electron chi connectivity index (χ4n) is 2.99. The Kier molecular flexibility index (Phi) is 6.16. The number of hydrogen-bond acceptors (Lipinski definition) is 4. The number of halogens is 3. The van der Waals surface area contributed by atoms with Gasteiger partial charge in [-0.05, 0) is 33.6 Å². The minimum atomic E-state index is -0.764. The van der Waals surface area contributed by atoms with Crippen molar-refractivity contribution in [1.29, 1.82) is 5.26 Å². The van der Waals surface area contributed by atoms with Gasteiger partial charge in [0.05, 0.1) is 33.4 Å². The Balaban J connectivity index is 1.97. The molecule has 8 heteroatoms. The van der Waals surface area contributed by atoms with E-state index in [1.165, 1.54) is 19.4 Å². The van der Waals surface area contributed by atoms with E-state index in [9.17, 15) is 14.4 Å². The van der Waals surface area contributed by atoms with Crippen LogP contribution in [0.5, 0.6) is 5.75 Å². The number of methoxy groups -OCH3 is 1. The van der Waals surface area contributed by atoms with E-state index in [0.717, 1.165) is 11.6 Å². The molecule has 5 nitrogen and oxygen atoms in total. The zero-order chi connectivity index (χ0) is 21.1. The second kappa shape index (κ2) is 8.60. The van der Waals surface area contributed by atoms with Gasteiger partial charge in [0, 0.05) is 23.7 Å². The maximum Gasteiger partial charge on any atom is 0.252 e. The number of benzene rings is 2. The molecule has 0 bridgehead atoms. The smallest absolute Gasteiger partial charge is 0.252 e. The van der Waals surface area contributed by atoms with Crippen LogP contribution in [-0.4, -0.2) is 18.0 Å². The summed E-state index contributed by atoms with van der Waals surface area (Å²) in [7, 11) is 1.40. The number of aromatic nitrogens is 1. The van der Waals surface area contributed by atoms with Crippen molar-refractivity contribution in [2.24, 2.45) is 5.73 Å². The summed E-state index contributed by atoms with van der Waals surface area (Å²) < 4.78 is 19.7. The van der Waals surface area contributed by atoms with Crippen LogP contribution in [0.25, 0.3) is 11.3 Å². The van der Waals surface area contributed by atoms with Crippen molar-refractivity contribution in [1.82, 2.24) is 4.98 Å². The lowest BCUT2D eigenvalue weighted by Gasteiger charge is -2.13. The number of carbonyl (C=O) groups is 1. The zero-order valence-electron chi connectivity index (χ0n) is 15.2. The molecule has 3 aromatic rings. The van der Waals surface area contributed by atoms with Crippen LogP contribution in [0.3, 0.4) is 0 Å². The van der Waals surface area contributed by atoms with Gasteiger partial charge in [-0.3, -0.25) is 9.78 Å². The lowest BCUT2D eigenvalue weighted by molar-refractivity contribution is 0.0996. The number of ether oxygens (including phenoxy) is 1. The summed E-state index contributed by atoms with van der Waals surface area (Å²) in [5, 5.41) is 9.70. The van der Waals surface area contributed by atoms with Gasteiger partial charge >= 0.3 is 0 Å². The maximum atomic E-state index is 13.9. The highest BCUT2D eigenvalue weighted by molar-refractivity contribution is 9.10. The van der Waals surface area contributed by atoms with Crippen LogP contribution in [0, 0.1) is 17.1 Å². The number of nitriles is 1. The van der Waals surface area contributed by atoms with Crippen molar-refractivity contribution in [2.45, 2.75) is 6.42 Å². The van der Waals surface area contributed by atoms with Gasteiger partial charge in [-0.2, -0.15) is 5.26 Å². The van der Waals surface area contributed by atoms with Crippen LogP contribution in [-0.2, 0) is 6.42 Å². The summed E-state index contributed by atoms with van der Waals surface area (Å²) in [5.74, 6) is -1.09. The number of pyridine rings is 1. The lowest BCUT2D eigenvalue weighted by Crippen LogP contribution is -2.14. The third-order valence-corrected chi connectivity index (χ3v) is 5.53. The van der Waals surface area contributed by atoms with Gasteiger partial charge in [0.1, 0.15) is 17.6 Å². The van der Waals surface area contributed by atoms with Gasteiger partial charge in [-0.1, -0.05) is 35.9 Å². The van der Waals surface area contributed by atoms with Gasteiger partial charge in [-0.25, -0.2) is 4.39 Å². The van der Waals surface area contributed by atoms with Crippen molar-refractivity contribution >= 4 is 33.4 Å². The molecule has 0 fully saturated rings. The maximum absolute atomic E-state index is 13.9. The van der Waals surface area contributed by atoms with E-state index in [1.54, 1.807) is 12.1 Å². The predicted molar refractivity (Wildman–Crippen MR) is 111 cm³/mol. The Hall–Kier alpha value is -2.95. The molecule has 29 heavy (non-hydrogen) atoms. The largest absolute Gasteiger partial charge is 0.496 e. The second-order valence-electron chi connectivity index (χ2n) is 6.14. The van der Waals surface area contributed by atoms with Crippen molar-refractivity contribution < 1.29 is 13.9 Å². The van der Waals surface area contributed by atoms with E-state index in [-0.39, 0.29) is 16.9 Å². The average molecular weight is 475 g/mol. The van der Waals surface area contributed by atoms with Crippen molar-refractivity contribution in [3.8, 4) is 23.1 Å². The van der Waals surface area contributed by atoms with Crippen molar-refractivity contribution in [3.63, 3.8) is 0 Å². The summed E-state index contributed by atoms with van der Waals surface area (Å²) in [6.07, 6.45) is 1.86. The fraction of sp³-hybridized carbons (Fsp3) is 0.0952. The van der Waals surface area contributed by atoms with Gasteiger partial charge in [0.15, 0.2) is 0 Å². The number of hydrogen-bond donors (Lipinski definition) is 1. The van der Waals surface area contributed by atoms with Gasteiger partial charge in [-0.15, -0.1) is 0 Å². The molecule has 0 aliphatic heterocycles. The monoisotopic (exact) mass is 473 g/mol. The highest BCUT2D eigenvalue weighted by atomic mass is 79.9. The molecule has 0 saturated carbocycles. The van der Waals surface area contributed by atoms with E-state index < -0.39 is 11.7 Å². The number of nitrogens with two attached hydrogens (primary N) is 1. The van der Waals surface area contributed by atoms with Crippen LogP contribution in [0.1, 0.15) is 27.0 Å². The molecule has 0 aliphatic carbocycles. The van der Waals surface area contributed by atoms with Crippen molar-refractivity contribution in [2.75, 3.05) is 7.11 Å². The van der Waals surface area contributed by atoms with E-state index in [0.29, 0.717) is 32.7 Å². The van der Waals surface area contributed by atoms with E-state index in [1.807, 2.05) is 12.1 Å². The van der Waals surface area contributed by atoms with Gasteiger partial charge in [0.25, 0.3) is 5.91 Å². The molecule has 2 N–H and O–H groups in total. The molecule has 146 valence electrons. The lowest BCUT2D eigenvalue weighted by atomic mass is 9.98. The molecule has 2 aromatic carbocycles.